The second kappa shape index (κ2) is 11.3. The number of hydrazone groups is 1. The van der Waals surface area contributed by atoms with Crippen LogP contribution in [0.2, 0.25) is 5.02 Å². The third-order valence-electron chi connectivity index (χ3n) is 5.76. The smallest absolute Gasteiger partial charge is 0.250 e. The molecule has 0 bridgehead atoms. The predicted molar refractivity (Wildman–Crippen MR) is 139 cm³/mol. The van der Waals surface area contributed by atoms with E-state index in [-0.39, 0.29) is 5.75 Å². The molecule has 2 saturated heterocycles. The molecule has 0 spiro atoms. The molecule has 5 rings (SSSR count). The molecule has 0 saturated carbocycles. The van der Waals surface area contributed by atoms with Crippen molar-refractivity contribution in [3.05, 3.63) is 53.1 Å². The summed E-state index contributed by atoms with van der Waals surface area (Å²) in [5.74, 6) is 1.62. The van der Waals surface area contributed by atoms with Crippen molar-refractivity contribution in [2.75, 3.05) is 54.6 Å². The summed E-state index contributed by atoms with van der Waals surface area (Å²) in [5.41, 5.74) is 4.54. The first-order valence-corrected chi connectivity index (χ1v) is 12.1. The minimum absolute atomic E-state index is 0.0599. The second-order valence-electron chi connectivity index (χ2n) is 8.35. The molecule has 3 heterocycles. The quantitative estimate of drug-likeness (QED) is 0.271. The van der Waals surface area contributed by atoms with Crippen LogP contribution in [0.15, 0.2) is 57.8 Å². The molecule has 2 aliphatic heterocycles. The van der Waals surface area contributed by atoms with E-state index in [1.165, 1.54) is 6.21 Å². The first kappa shape index (κ1) is 23.9. The van der Waals surface area contributed by atoms with Crippen molar-refractivity contribution in [3.63, 3.8) is 0 Å². The molecule has 2 aliphatic rings. The van der Waals surface area contributed by atoms with Crippen molar-refractivity contribution in [3.8, 4) is 5.75 Å². The van der Waals surface area contributed by atoms with Gasteiger partial charge in [0.25, 0.3) is 0 Å². The van der Waals surface area contributed by atoms with Gasteiger partial charge in [-0.1, -0.05) is 17.7 Å². The zero-order chi connectivity index (χ0) is 24.7. The summed E-state index contributed by atoms with van der Waals surface area (Å²) in [6, 6.07) is 12.0. The molecular weight excluding hydrogens is 482 g/mol. The lowest BCUT2D eigenvalue weighted by atomic mass is 10.2. The molecular formula is C24H26ClN9O2. The maximum atomic E-state index is 10.3. The van der Waals surface area contributed by atoms with Crippen molar-refractivity contribution >= 4 is 47.0 Å². The monoisotopic (exact) mass is 507 g/mol. The van der Waals surface area contributed by atoms with Gasteiger partial charge < -0.3 is 19.6 Å². The Morgan fingerprint density at radius 3 is 2.31 bits per heavy atom. The number of ether oxygens (including phenoxy) is 1. The average molecular weight is 508 g/mol. The molecule has 0 aliphatic carbocycles. The van der Waals surface area contributed by atoms with E-state index < -0.39 is 0 Å². The fraction of sp³-hybridized carbons (Fsp3) is 0.333. The summed E-state index contributed by atoms with van der Waals surface area (Å²) in [6.07, 6.45) is 3.72. The van der Waals surface area contributed by atoms with Crippen LogP contribution in [0, 0.1) is 0 Å². The van der Waals surface area contributed by atoms with Gasteiger partial charge in [0.2, 0.25) is 17.8 Å². The second-order valence-corrected chi connectivity index (χ2v) is 8.78. The van der Waals surface area contributed by atoms with E-state index in [9.17, 15) is 5.11 Å². The summed E-state index contributed by atoms with van der Waals surface area (Å²) in [7, 11) is 0. The number of phenols is 1. The van der Waals surface area contributed by atoms with Gasteiger partial charge in [-0.2, -0.15) is 30.3 Å². The van der Waals surface area contributed by atoms with Crippen LogP contribution in [-0.4, -0.2) is 65.7 Å². The first-order chi connectivity index (χ1) is 17.6. The number of rotatable bonds is 7. The molecule has 2 aromatic carbocycles. The van der Waals surface area contributed by atoms with Gasteiger partial charge in [-0.3, -0.25) is 0 Å². The van der Waals surface area contributed by atoms with Crippen molar-refractivity contribution in [2.24, 2.45) is 15.3 Å². The Balaban J connectivity index is 1.33. The molecule has 0 unspecified atom stereocenters. The molecule has 2 fully saturated rings. The Kier molecular flexibility index (Phi) is 7.48. The van der Waals surface area contributed by atoms with Gasteiger partial charge in [0, 0.05) is 36.8 Å². The van der Waals surface area contributed by atoms with Crippen molar-refractivity contribution < 1.29 is 9.84 Å². The highest BCUT2D eigenvalue weighted by Gasteiger charge is 2.21. The lowest BCUT2D eigenvalue weighted by molar-refractivity contribution is 0.122. The van der Waals surface area contributed by atoms with Gasteiger partial charge >= 0.3 is 0 Å². The number of nitrogens with zero attached hydrogens (tertiary/aromatic N) is 8. The van der Waals surface area contributed by atoms with Crippen molar-refractivity contribution in [1.29, 1.82) is 0 Å². The van der Waals surface area contributed by atoms with E-state index in [4.69, 9.17) is 21.3 Å². The number of hydrogen-bond acceptors (Lipinski definition) is 11. The average Bonchev–Trinajstić information content (AvgIpc) is 3.45. The van der Waals surface area contributed by atoms with Gasteiger partial charge in [-0.05, 0) is 49.2 Å². The molecule has 0 radical (unpaired) electrons. The zero-order valence-electron chi connectivity index (χ0n) is 19.6. The number of morpholine rings is 1. The number of aromatic hydroxyl groups is 1. The van der Waals surface area contributed by atoms with Crippen LogP contribution in [0.4, 0.5) is 29.2 Å². The van der Waals surface area contributed by atoms with Crippen LogP contribution >= 0.6 is 11.6 Å². The molecule has 2 N–H and O–H groups in total. The molecule has 1 aromatic heterocycles. The van der Waals surface area contributed by atoms with E-state index in [1.807, 2.05) is 0 Å². The van der Waals surface area contributed by atoms with Gasteiger partial charge in [0.05, 0.1) is 30.8 Å². The topological polar surface area (TPSA) is 124 Å². The Bertz CT molecular complexity index is 1260. The third kappa shape index (κ3) is 6.04. The summed E-state index contributed by atoms with van der Waals surface area (Å²) in [6.45, 7) is 4.54. The van der Waals surface area contributed by atoms with E-state index in [0.717, 1.165) is 39.0 Å². The largest absolute Gasteiger partial charge is 0.507 e. The Morgan fingerprint density at radius 2 is 1.58 bits per heavy atom. The van der Waals surface area contributed by atoms with Crippen LogP contribution < -0.4 is 15.2 Å². The van der Waals surface area contributed by atoms with Crippen LogP contribution in [0.5, 0.6) is 5.75 Å². The summed E-state index contributed by atoms with van der Waals surface area (Å²) >= 11 is 6.00. The van der Waals surface area contributed by atoms with Gasteiger partial charge in [0.1, 0.15) is 5.75 Å². The molecule has 36 heavy (non-hydrogen) atoms. The van der Waals surface area contributed by atoms with Gasteiger partial charge in [0.15, 0.2) is 0 Å². The predicted octanol–water partition coefficient (Wildman–Crippen LogP) is 4.53. The standard InChI is InChI=1S/C24H26ClN9O2/c25-18-4-3-5-19(15-18)30-31-20-6-7-21(35)17(14-20)16-26-32-22-27-23(33-8-1-2-9-33)29-24(28-22)34-10-12-36-13-11-34/h3-7,14-16,35H,1-2,8-13H2,(H,27,28,29,32)/b26-16+,31-30+. The van der Waals surface area contributed by atoms with Crippen molar-refractivity contribution in [2.45, 2.75) is 12.8 Å². The summed E-state index contributed by atoms with van der Waals surface area (Å²) < 4.78 is 5.46. The number of benzene rings is 2. The number of anilines is 3. The number of hydrogen-bond donors (Lipinski definition) is 2. The maximum Gasteiger partial charge on any atom is 0.250 e. The molecule has 11 nitrogen and oxygen atoms in total. The summed E-state index contributed by atoms with van der Waals surface area (Å²) in [5, 5.41) is 23.5. The third-order valence-corrected chi connectivity index (χ3v) is 6.00. The van der Waals surface area contributed by atoms with E-state index in [0.29, 0.717) is 53.0 Å². The van der Waals surface area contributed by atoms with Crippen LogP contribution in [-0.2, 0) is 4.74 Å². The Morgan fingerprint density at radius 1 is 0.889 bits per heavy atom. The van der Waals surface area contributed by atoms with E-state index in [1.54, 1.807) is 42.5 Å². The fourth-order valence-electron chi connectivity index (χ4n) is 3.89. The minimum atomic E-state index is 0.0599. The summed E-state index contributed by atoms with van der Waals surface area (Å²) in [4.78, 5) is 18.1. The van der Waals surface area contributed by atoms with E-state index >= 15 is 0 Å². The fourth-order valence-corrected chi connectivity index (χ4v) is 4.07. The Labute approximate surface area is 213 Å². The van der Waals surface area contributed by atoms with Crippen molar-refractivity contribution in [1.82, 2.24) is 15.0 Å². The molecule has 12 heteroatoms. The lowest BCUT2D eigenvalue weighted by Gasteiger charge is -2.27. The van der Waals surface area contributed by atoms with Crippen LogP contribution in [0.1, 0.15) is 18.4 Å². The number of aromatic nitrogens is 3. The Hall–Kier alpha value is -3.83. The number of halogens is 1. The number of phenolic OH excluding ortho intramolecular Hbond substituents is 1. The SMILES string of the molecule is Oc1ccc(/N=N/c2cccc(Cl)c2)cc1/C=N/Nc1nc(N2CCCC2)nc(N2CCOCC2)n1. The van der Waals surface area contributed by atoms with Gasteiger partial charge in [-0.25, -0.2) is 5.43 Å². The van der Waals surface area contributed by atoms with Crippen LogP contribution in [0.3, 0.4) is 0 Å². The van der Waals surface area contributed by atoms with E-state index in [2.05, 4.69) is 40.5 Å². The highest BCUT2D eigenvalue weighted by molar-refractivity contribution is 6.30. The number of nitrogens with one attached hydrogen (secondary N) is 1. The molecule has 0 amide bonds. The highest BCUT2D eigenvalue weighted by atomic mass is 35.5. The minimum Gasteiger partial charge on any atom is -0.507 e. The number of azo groups is 1. The first-order valence-electron chi connectivity index (χ1n) is 11.8. The molecule has 186 valence electrons. The normalized spacial score (nSPS) is 16.4. The van der Waals surface area contributed by atoms with Gasteiger partial charge in [-0.15, -0.1) is 0 Å². The van der Waals surface area contributed by atoms with Crippen LogP contribution in [0.25, 0.3) is 0 Å². The lowest BCUT2D eigenvalue weighted by Crippen LogP contribution is -2.38. The molecule has 0 atom stereocenters. The highest BCUT2D eigenvalue weighted by Crippen LogP contribution is 2.26. The maximum absolute atomic E-state index is 10.3. The molecule has 3 aromatic rings. The zero-order valence-corrected chi connectivity index (χ0v) is 20.3.